The Morgan fingerprint density at radius 3 is 3.05 bits per heavy atom. The van der Waals surface area contributed by atoms with Gasteiger partial charge in [-0.3, -0.25) is 4.79 Å². The molecule has 4 heteroatoms. The smallest absolute Gasteiger partial charge is 0.224 e. The van der Waals surface area contributed by atoms with E-state index in [0.717, 1.165) is 32.7 Å². The zero-order valence-corrected chi connectivity index (χ0v) is 13.1. The minimum atomic E-state index is 0.174. The first kappa shape index (κ1) is 13.3. The molecule has 1 N–H and O–H groups in total. The molecule has 0 unspecified atom stereocenters. The third-order valence-corrected chi connectivity index (χ3v) is 6.04. The van der Waals surface area contributed by atoms with Crippen molar-refractivity contribution in [2.45, 2.75) is 39.0 Å². The predicted octanol–water partition coefficient (Wildman–Crippen LogP) is 4.37. The lowest BCUT2D eigenvalue weighted by molar-refractivity contribution is -0.117. The number of aryl methyl sites for hydroxylation is 1. The van der Waals surface area contributed by atoms with Crippen molar-refractivity contribution >= 4 is 33.1 Å². The van der Waals surface area contributed by atoms with Gasteiger partial charge in [-0.1, -0.05) is 6.42 Å². The number of aromatic nitrogens is 1. The van der Waals surface area contributed by atoms with E-state index in [1.165, 1.54) is 25.7 Å². The van der Waals surface area contributed by atoms with Crippen molar-refractivity contribution < 1.29 is 4.79 Å². The summed E-state index contributed by atoms with van der Waals surface area (Å²) in [5, 5.41) is 4.13. The molecule has 3 atom stereocenters. The van der Waals surface area contributed by atoms with E-state index in [0.29, 0.717) is 12.3 Å². The number of anilines is 1. The molecule has 1 heterocycles. The van der Waals surface area contributed by atoms with Gasteiger partial charge in [-0.2, -0.15) is 0 Å². The number of hydrogen-bond acceptors (Lipinski definition) is 3. The van der Waals surface area contributed by atoms with E-state index in [2.05, 4.69) is 10.3 Å². The number of amides is 1. The Balaban J connectivity index is 1.43. The summed E-state index contributed by atoms with van der Waals surface area (Å²) in [5.74, 6) is 2.52. The summed E-state index contributed by atoms with van der Waals surface area (Å²) < 4.78 is 1.14. The Hall–Kier alpha value is -1.42. The van der Waals surface area contributed by atoms with Crippen LogP contribution in [0.2, 0.25) is 0 Å². The van der Waals surface area contributed by atoms with Gasteiger partial charge < -0.3 is 5.32 Å². The van der Waals surface area contributed by atoms with Crippen LogP contribution in [-0.2, 0) is 4.79 Å². The van der Waals surface area contributed by atoms with Crippen LogP contribution in [0.4, 0.5) is 5.69 Å². The number of carbonyl (C=O) groups excluding carboxylic acids is 1. The van der Waals surface area contributed by atoms with Crippen molar-refractivity contribution in [1.29, 1.82) is 0 Å². The van der Waals surface area contributed by atoms with E-state index in [9.17, 15) is 4.79 Å². The van der Waals surface area contributed by atoms with Crippen molar-refractivity contribution in [2.75, 3.05) is 5.32 Å². The van der Waals surface area contributed by atoms with Gasteiger partial charge in [-0.05, 0) is 62.1 Å². The number of carbonyl (C=O) groups is 1. The second-order valence-corrected chi connectivity index (χ2v) is 7.84. The number of hydrogen-bond donors (Lipinski definition) is 1. The fraction of sp³-hybridized carbons (Fsp3) is 0.529. The van der Waals surface area contributed by atoms with Crippen LogP contribution in [0, 0.1) is 24.7 Å². The van der Waals surface area contributed by atoms with E-state index >= 15 is 0 Å². The summed E-state index contributed by atoms with van der Waals surface area (Å²) in [6, 6.07) is 5.99. The average molecular weight is 300 g/mol. The van der Waals surface area contributed by atoms with Gasteiger partial charge >= 0.3 is 0 Å². The van der Waals surface area contributed by atoms with Gasteiger partial charge in [0.25, 0.3) is 0 Å². The van der Waals surface area contributed by atoms with Crippen LogP contribution < -0.4 is 5.32 Å². The van der Waals surface area contributed by atoms with Crippen molar-refractivity contribution in [3.05, 3.63) is 23.2 Å². The van der Waals surface area contributed by atoms with Gasteiger partial charge in [0.2, 0.25) is 5.91 Å². The molecule has 2 aliphatic carbocycles. The van der Waals surface area contributed by atoms with E-state index < -0.39 is 0 Å². The molecule has 2 bridgehead atoms. The topological polar surface area (TPSA) is 42.0 Å². The Bertz CT molecular complexity index is 693. The zero-order valence-electron chi connectivity index (χ0n) is 12.3. The normalized spacial score (nSPS) is 27.4. The maximum atomic E-state index is 12.3. The van der Waals surface area contributed by atoms with Crippen molar-refractivity contribution in [1.82, 2.24) is 4.98 Å². The molecular weight excluding hydrogens is 280 g/mol. The van der Waals surface area contributed by atoms with Crippen LogP contribution in [0.25, 0.3) is 10.2 Å². The van der Waals surface area contributed by atoms with E-state index in [-0.39, 0.29) is 5.91 Å². The molecule has 0 aliphatic heterocycles. The highest BCUT2D eigenvalue weighted by atomic mass is 32.1. The quantitative estimate of drug-likeness (QED) is 0.914. The van der Waals surface area contributed by atoms with E-state index in [4.69, 9.17) is 0 Å². The van der Waals surface area contributed by atoms with Gasteiger partial charge in [0.1, 0.15) is 0 Å². The lowest BCUT2D eigenvalue weighted by atomic mass is 9.86. The molecule has 2 aromatic rings. The lowest BCUT2D eigenvalue weighted by Crippen LogP contribution is -2.20. The van der Waals surface area contributed by atoms with E-state index in [1.807, 2.05) is 25.1 Å². The molecule has 4 rings (SSSR count). The summed E-state index contributed by atoms with van der Waals surface area (Å²) in [6.07, 6.45) is 6.06. The molecule has 2 saturated carbocycles. The van der Waals surface area contributed by atoms with Crippen LogP contribution in [-0.4, -0.2) is 10.9 Å². The molecule has 0 saturated heterocycles. The number of rotatable bonds is 3. The van der Waals surface area contributed by atoms with E-state index in [1.54, 1.807) is 11.3 Å². The zero-order chi connectivity index (χ0) is 14.4. The van der Waals surface area contributed by atoms with Crippen LogP contribution in [0.3, 0.4) is 0 Å². The Labute approximate surface area is 128 Å². The molecule has 3 nitrogen and oxygen atoms in total. The summed E-state index contributed by atoms with van der Waals surface area (Å²) >= 11 is 1.67. The second-order valence-electron chi connectivity index (χ2n) is 6.60. The van der Waals surface area contributed by atoms with Crippen LogP contribution in [0.1, 0.15) is 37.1 Å². The number of nitrogens with one attached hydrogen (secondary N) is 1. The number of fused-ring (bicyclic) bond motifs is 3. The molecule has 21 heavy (non-hydrogen) atoms. The lowest BCUT2D eigenvalue weighted by Gasteiger charge is -2.20. The Kier molecular flexibility index (Phi) is 3.21. The summed E-state index contributed by atoms with van der Waals surface area (Å²) in [5.41, 5.74) is 1.92. The Morgan fingerprint density at radius 2 is 2.29 bits per heavy atom. The molecule has 2 fully saturated rings. The van der Waals surface area contributed by atoms with Crippen molar-refractivity contribution in [2.24, 2.45) is 17.8 Å². The van der Waals surface area contributed by atoms with Gasteiger partial charge in [0.05, 0.1) is 15.2 Å². The summed E-state index contributed by atoms with van der Waals surface area (Å²) in [7, 11) is 0. The number of nitrogens with zero attached hydrogens (tertiary/aromatic N) is 1. The molecule has 110 valence electrons. The first-order chi connectivity index (χ1) is 10.2. The third kappa shape index (κ3) is 2.57. The average Bonchev–Trinajstić information content (AvgIpc) is 3.11. The molecular formula is C17H20N2OS. The van der Waals surface area contributed by atoms with Crippen LogP contribution in [0.15, 0.2) is 18.2 Å². The fourth-order valence-electron chi connectivity index (χ4n) is 4.19. The maximum absolute atomic E-state index is 12.3. The van der Waals surface area contributed by atoms with Crippen LogP contribution in [0.5, 0.6) is 0 Å². The highest BCUT2D eigenvalue weighted by Crippen LogP contribution is 2.49. The molecule has 1 amide bonds. The molecule has 1 aromatic carbocycles. The third-order valence-electron chi connectivity index (χ3n) is 5.11. The standard InChI is InChI=1S/C17H20N2OS/c1-10-18-15-5-4-14(9-16(15)21-10)19-17(20)8-13-7-11-2-3-12(13)6-11/h4-5,9,11-13H,2-3,6-8H2,1H3,(H,19,20)/t11-,12-,13-/m0/s1. The Morgan fingerprint density at radius 1 is 1.38 bits per heavy atom. The molecule has 0 spiro atoms. The highest BCUT2D eigenvalue weighted by Gasteiger charge is 2.40. The minimum Gasteiger partial charge on any atom is -0.326 e. The first-order valence-corrected chi connectivity index (χ1v) is 8.66. The van der Waals surface area contributed by atoms with Crippen LogP contribution >= 0.6 is 11.3 Å². The first-order valence-electron chi connectivity index (χ1n) is 7.84. The summed E-state index contributed by atoms with van der Waals surface area (Å²) in [6.45, 7) is 2.01. The minimum absolute atomic E-state index is 0.174. The largest absolute Gasteiger partial charge is 0.326 e. The summed E-state index contributed by atoms with van der Waals surface area (Å²) in [4.78, 5) is 16.7. The van der Waals surface area contributed by atoms with Crippen molar-refractivity contribution in [3.63, 3.8) is 0 Å². The van der Waals surface area contributed by atoms with Gasteiger partial charge in [-0.25, -0.2) is 4.98 Å². The van der Waals surface area contributed by atoms with Gasteiger partial charge in [0, 0.05) is 12.1 Å². The van der Waals surface area contributed by atoms with Gasteiger partial charge in [-0.15, -0.1) is 11.3 Å². The highest BCUT2D eigenvalue weighted by molar-refractivity contribution is 7.18. The SMILES string of the molecule is Cc1nc2ccc(NC(=O)C[C@@H]3C[C@H]4CC[C@H]3C4)cc2s1. The maximum Gasteiger partial charge on any atom is 0.224 e. The van der Waals surface area contributed by atoms with Crippen molar-refractivity contribution in [3.8, 4) is 0 Å². The molecule has 0 radical (unpaired) electrons. The molecule has 2 aliphatic rings. The number of benzene rings is 1. The molecule has 1 aromatic heterocycles. The predicted molar refractivity (Wildman–Crippen MR) is 86.5 cm³/mol. The monoisotopic (exact) mass is 300 g/mol. The number of thiazole rings is 1. The fourth-order valence-corrected chi connectivity index (χ4v) is 5.06. The van der Waals surface area contributed by atoms with Gasteiger partial charge in [0.15, 0.2) is 0 Å². The second kappa shape index (κ2) is 5.09.